The van der Waals surface area contributed by atoms with E-state index in [1.165, 1.54) is 7.05 Å². The Labute approximate surface area is 151 Å². The first-order valence-corrected chi connectivity index (χ1v) is 8.16. The van der Waals surface area contributed by atoms with Crippen LogP contribution in [0.2, 0.25) is 0 Å². The van der Waals surface area contributed by atoms with Crippen LogP contribution in [-0.4, -0.2) is 23.9 Å². The van der Waals surface area contributed by atoms with Gasteiger partial charge >= 0.3 is 0 Å². The molecule has 26 heavy (non-hydrogen) atoms. The van der Waals surface area contributed by atoms with Gasteiger partial charge in [-0.1, -0.05) is 24.3 Å². The number of aliphatic imine (C=N–C) groups is 1. The van der Waals surface area contributed by atoms with E-state index < -0.39 is 0 Å². The minimum atomic E-state index is -0.344. The topological polar surface area (TPSA) is 119 Å². The van der Waals surface area contributed by atoms with Crippen molar-refractivity contribution in [3.8, 4) is 5.75 Å². The lowest BCUT2D eigenvalue weighted by Gasteiger charge is -2.10. The predicted octanol–water partition coefficient (Wildman–Crippen LogP) is 1.88. The molecule has 0 atom stereocenters. The molecule has 3 aromatic rings. The summed E-state index contributed by atoms with van der Waals surface area (Å²) in [5, 5.41) is 3.40. The molecule has 0 unspecified atom stereocenters. The highest BCUT2D eigenvalue weighted by Gasteiger charge is 2.11. The Balaban J connectivity index is 1.76. The van der Waals surface area contributed by atoms with Crippen LogP contribution in [0, 0.1) is 0 Å². The Morgan fingerprint density at radius 3 is 2.69 bits per heavy atom. The smallest absolute Gasteiger partial charge is 0.274 e. The Bertz CT molecular complexity index is 961. The standard InChI is InChI=1S/C19H21N5O2/c1-22-19(21)24-18(25)17-8-12-6-7-15(9-16(12)23-17)26-11-14-5-3-2-4-13(14)10-20/h2-9,23H,10-11,20H2,1H3,(H3,21,22,24,25). The zero-order valence-corrected chi connectivity index (χ0v) is 14.5. The van der Waals surface area contributed by atoms with Crippen LogP contribution in [0.1, 0.15) is 21.6 Å². The van der Waals surface area contributed by atoms with Gasteiger partial charge in [0.25, 0.3) is 5.91 Å². The number of aromatic nitrogens is 1. The number of rotatable bonds is 5. The van der Waals surface area contributed by atoms with Crippen LogP contribution in [0.25, 0.3) is 10.9 Å². The van der Waals surface area contributed by atoms with Crippen molar-refractivity contribution in [3.63, 3.8) is 0 Å². The molecule has 0 aliphatic heterocycles. The van der Waals surface area contributed by atoms with Gasteiger partial charge in [0.1, 0.15) is 18.1 Å². The van der Waals surface area contributed by atoms with Crippen LogP contribution in [0.15, 0.2) is 53.5 Å². The highest BCUT2D eigenvalue weighted by atomic mass is 16.5. The summed E-state index contributed by atoms with van der Waals surface area (Å²) in [6.45, 7) is 0.897. The maximum atomic E-state index is 12.1. The number of aromatic amines is 1. The quantitative estimate of drug-likeness (QED) is 0.414. The number of carbonyl (C=O) groups is 1. The molecule has 6 N–H and O–H groups in total. The van der Waals surface area contributed by atoms with Gasteiger partial charge in [0.2, 0.25) is 0 Å². The van der Waals surface area contributed by atoms with Gasteiger partial charge in [-0.05, 0) is 29.3 Å². The number of carbonyl (C=O) groups excluding carboxylic acids is 1. The molecule has 0 saturated carbocycles. The maximum absolute atomic E-state index is 12.1. The summed E-state index contributed by atoms with van der Waals surface area (Å²) >= 11 is 0. The van der Waals surface area contributed by atoms with Crippen LogP contribution in [0.3, 0.4) is 0 Å². The molecule has 0 radical (unpaired) electrons. The third-order valence-electron chi connectivity index (χ3n) is 4.05. The summed E-state index contributed by atoms with van der Waals surface area (Å²) < 4.78 is 5.88. The van der Waals surface area contributed by atoms with Crippen LogP contribution in [-0.2, 0) is 13.2 Å². The molecule has 7 nitrogen and oxygen atoms in total. The van der Waals surface area contributed by atoms with Gasteiger partial charge in [-0.15, -0.1) is 0 Å². The van der Waals surface area contributed by atoms with Crippen LogP contribution < -0.4 is 21.5 Å². The third kappa shape index (κ3) is 3.84. The first kappa shape index (κ1) is 17.5. The number of hydrogen-bond donors (Lipinski definition) is 4. The number of H-pyrrole nitrogens is 1. The first-order valence-electron chi connectivity index (χ1n) is 8.16. The van der Waals surface area contributed by atoms with Crippen molar-refractivity contribution in [1.82, 2.24) is 10.3 Å². The van der Waals surface area contributed by atoms with Crippen molar-refractivity contribution in [2.24, 2.45) is 16.5 Å². The van der Waals surface area contributed by atoms with Crippen molar-refractivity contribution in [3.05, 3.63) is 65.4 Å². The number of guanidine groups is 1. The molecule has 7 heteroatoms. The van der Waals surface area contributed by atoms with E-state index in [0.717, 1.165) is 22.0 Å². The summed E-state index contributed by atoms with van der Waals surface area (Å²) in [5.74, 6) is 0.424. The zero-order chi connectivity index (χ0) is 18.5. The van der Waals surface area contributed by atoms with E-state index in [4.69, 9.17) is 16.2 Å². The molecule has 2 aromatic carbocycles. The van der Waals surface area contributed by atoms with Crippen molar-refractivity contribution < 1.29 is 9.53 Å². The monoisotopic (exact) mass is 351 g/mol. The van der Waals surface area contributed by atoms with E-state index in [-0.39, 0.29) is 11.9 Å². The van der Waals surface area contributed by atoms with Crippen molar-refractivity contribution in [2.75, 3.05) is 7.05 Å². The fraction of sp³-hybridized carbons (Fsp3) is 0.158. The summed E-state index contributed by atoms with van der Waals surface area (Å²) in [5.41, 5.74) is 14.6. The Kier molecular flexibility index (Phi) is 5.19. The van der Waals surface area contributed by atoms with Crippen LogP contribution in [0.4, 0.5) is 0 Å². The summed E-state index contributed by atoms with van der Waals surface area (Å²) in [4.78, 5) is 18.9. The Morgan fingerprint density at radius 1 is 1.19 bits per heavy atom. The number of amides is 1. The highest BCUT2D eigenvalue weighted by molar-refractivity contribution is 6.06. The summed E-state index contributed by atoms with van der Waals surface area (Å²) in [6, 6.07) is 15.3. The lowest BCUT2D eigenvalue weighted by Crippen LogP contribution is -2.36. The molecule has 0 aliphatic carbocycles. The van der Waals surface area contributed by atoms with E-state index in [9.17, 15) is 4.79 Å². The largest absolute Gasteiger partial charge is 0.489 e. The molecule has 1 amide bonds. The van der Waals surface area contributed by atoms with Gasteiger partial charge in [0, 0.05) is 30.6 Å². The number of hydrogen-bond acceptors (Lipinski definition) is 4. The van der Waals surface area contributed by atoms with Gasteiger partial charge in [-0.3, -0.25) is 15.1 Å². The number of benzene rings is 2. The van der Waals surface area contributed by atoms with Gasteiger partial charge in [0.15, 0.2) is 5.96 Å². The lowest BCUT2D eigenvalue weighted by atomic mass is 10.1. The van der Waals surface area contributed by atoms with Gasteiger partial charge in [-0.25, -0.2) is 0 Å². The first-order chi connectivity index (χ1) is 12.6. The van der Waals surface area contributed by atoms with Crippen LogP contribution >= 0.6 is 0 Å². The number of nitrogens with zero attached hydrogens (tertiary/aromatic N) is 1. The maximum Gasteiger partial charge on any atom is 0.274 e. The number of fused-ring (bicyclic) bond motifs is 1. The van der Waals surface area contributed by atoms with E-state index in [2.05, 4.69) is 15.3 Å². The molecule has 0 aliphatic rings. The highest BCUT2D eigenvalue weighted by Crippen LogP contribution is 2.23. The molecule has 134 valence electrons. The fourth-order valence-electron chi connectivity index (χ4n) is 2.62. The van der Waals surface area contributed by atoms with Gasteiger partial charge < -0.3 is 21.2 Å². The molecule has 0 fully saturated rings. The predicted molar refractivity (Wildman–Crippen MR) is 102 cm³/mol. The zero-order valence-electron chi connectivity index (χ0n) is 14.5. The molecule has 0 saturated heterocycles. The van der Waals surface area contributed by atoms with E-state index in [0.29, 0.717) is 24.6 Å². The van der Waals surface area contributed by atoms with Crippen molar-refractivity contribution in [2.45, 2.75) is 13.2 Å². The average Bonchev–Trinajstić information content (AvgIpc) is 3.10. The van der Waals surface area contributed by atoms with Crippen molar-refractivity contribution in [1.29, 1.82) is 0 Å². The molecule has 0 bridgehead atoms. The number of nitrogens with two attached hydrogens (primary N) is 2. The second-order valence-electron chi connectivity index (χ2n) is 5.76. The van der Waals surface area contributed by atoms with E-state index in [1.54, 1.807) is 6.07 Å². The summed E-state index contributed by atoms with van der Waals surface area (Å²) in [6.07, 6.45) is 0. The second kappa shape index (κ2) is 7.71. The average molecular weight is 351 g/mol. The number of nitrogens with one attached hydrogen (secondary N) is 2. The number of ether oxygens (including phenoxy) is 1. The van der Waals surface area contributed by atoms with Crippen molar-refractivity contribution >= 4 is 22.8 Å². The van der Waals surface area contributed by atoms with Gasteiger partial charge in [-0.2, -0.15) is 0 Å². The second-order valence-corrected chi connectivity index (χ2v) is 5.76. The lowest BCUT2D eigenvalue weighted by molar-refractivity contribution is 0.0972. The Morgan fingerprint density at radius 2 is 1.96 bits per heavy atom. The molecular weight excluding hydrogens is 330 g/mol. The summed E-state index contributed by atoms with van der Waals surface area (Å²) in [7, 11) is 1.51. The molecule has 1 aromatic heterocycles. The SMILES string of the molecule is CN=C(N)NC(=O)c1cc2ccc(OCc3ccccc3CN)cc2[nH]1. The fourth-order valence-corrected chi connectivity index (χ4v) is 2.62. The molecule has 3 rings (SSSR count). The van der Waals surface area contributed by atoms with Gasteiger partial charge in [0.05, 0.1) is 0 Å². The molecular formula is C19H21N5O2. The minimum Gasteiger partial charge on any atom is -0.489 e. The minimum absolute atomic E-state index is 0.0660. The van der Waals surface area contributed by atoms with E-state index >= 15 is 0 Å². The van der Waals surface area contributed by atoms with Crippen LogP contribution in [0.5, 0.6) is 5.75 Å². The third-order valence-corrected chi connectivity index (χ3v) is 4.05. The Hall–Kier alpha value is -3.32. The molecule has 1 heterocycles. The van der Waals surface area contributed by atoms with E-state index in [1.807, 2.05) is 42.5 Å². The normalized spacial score (nSPS) is 11.5. The molecule has 0 spiro atoms.